The number of aromatic nitrogens is 2. The van der Waals surface area contributed by atoms with E-state index in [0.29, 0.717) is 6.07 Å². The maximum absolute atomic E-state index is 12.6. The van der Waals surface area contributed by atoms with Crippen LogP contribution in [0.1, 0.15) is 5.56 Å². The van der Waals surface area contributed by atoms with Gasteiger partial charge in [0.05, 0.1) is 5.56 Å². The summed E-state index contributed by atoms with van der Waals surface area (Å²) in [5.74, 6) is -0.0667. The minimum Gasteiger partial charge on any atom is -0.423 e. The Morgan fingerprint density at radius 3 is 2.39 bits per heavy atom. The summed E-state index contributed by atoms with van der Waals surface area (Å²) in [6.07, 6.45) is -3.64. The van der Waals surface area contributed by atoms with E-state index in [-0.39, 0.29) is 16.9 Å². The van der Waals surface area contributed by atoms with E-state index < -0.39 is 18.9 Å². The van der Waals surface area contributed by atoms with E-state index >= 15 is 0 Å². The van der Waals surface area contributed by atoms with Crippen molar-refractivity contribution in [3.63, 3.8) is 0 Å². The molecule has 0 aliphatic carbocycles. The lowest BCUT2D eigenvalue weighted by atomic mass is 9.78. The smallest absolute Gasteiger partial charge is 0.423 e. The molecular formula is C9H6BF3N2O3. The van der Waals surface area contributed by atoms with Gasteiger partial charge in [-0.05, 0) is 11.5 Å². The first-order valence-corrected chi connectivity index (χ1v) is 4.73. The fourth-order valence-electron chi connectivity index (χ4n) is 1.39. The number of rotatable bonds is 2. The highest BCUT2D eigenvalue weighted by atomic mass is 19.4. The van der Waals surface area contributed by atoms with Crippen LogP contribution in [0.4, 0.5) is 13.2 Å². The van der Waals surface area contributed by atoms with Gasteiger partial charge in [-0.2, -0.15) is 18.2 Å². The average Bonchev–Trinajstić information content (AvgIpc) is 2.80. The predicted octanol–water partition coefficient (Wildman–Crippen LogP) is 0.435. The van der Waals surface area contributed by atoms with Crippen LogP contribution in [0.15, 0.2) is 29.1 Å². The first-order valence-electron chi connectivity index (χ1n) is 4.73. The van der Waals surface area contributed by atoms with Crippen LogP contribution in [-0.4, -0.2) is 27.3 Å². The van der Waals surface area contributed by atoms with Crippen molar-refractivity contribution in [2.75, 3.05) is 0 Å². The van der Waals surface area contributed by atoms with Crippen LogP contribution in [0.2, 0.25) is 0 Å². The average molecular weight is 258 g/mol. The molecule has 0 spiro atoms. The van der Waals surface area contributed by atoms with Crippen LogP contribution in [0.5, 0.6) is 0 Å². The highest BCUT2D eigenvalue weighted by molar-refractivity contribution is 6.58. The molecule has 5 nitrogen and oxygen atoms in total. The molecule has 0 aliphatic heterocycles. The van der Waals surface area contributed by atoms with E-state index in [9.17, 15) is 13.2 Å². The van der Waals surface area contributed by atoms with E-state index in [4.69, 9.17) is 10.0 Å². The van der Waals surface area contributed by atoms with Crippen LogP contribution in [-0.2, 0) is 6.18 Å². The van der Waals surface area contributed by atoms with Gasteiger partial charge in [0.15, 0.2) is 0 Å². The molecule has 2 rings (SSSR count). The summed E-state index contributed by atoms with van der Waals surface area (Å²) in [5.41, 5.74) is -1.33. The molecule has 0 fully saturated rings. The molecular weight excluding hydrogens is 252 g/mol. The van der Waals surface area contributed by atoms with Gasteiger partial charge in [0, 0.05) is 5.56 Å². The fraction of sp³-hybridized carbons (Fsp3) is 0.111. The molecule has 0 unspecified atom stereocenters. The Morgan fingerprint density at radius 2 is 1.89 bits per heavy atom. The van der Waals surface area contributed by atoms with Crippen molar-refractivity contribution in [2.45, 2.75) is 6.18 Å². The molecule has 0 radical (unpaired) electrons. The minimum atomic E-state index is -4.61. The van der Waals surface area contributed by atoms with Crippen LogP contribution in [0.3, 0.4) is 0 Å². The Labute approximate surface area is 99.0 Å². The van der Waals surface area contributed by atoms with Gasteiger partial charge in [-0.1, -0.05) is 17.3 Å². The lowest BCUT2D eigenvalue weighted by Crippen LogP contribution is -2.31. The normalized spacial score (nSPS) is 11.6. The van der Waals surface area contributed by atoms with Crippen LogP contribution < -0.4 is 5.46 Å². The molecule has 2 aromatic rings. The fourth-order valence-corrected chi connectivity index (χ4v) is 1.39. The van der Waals surface area contributed by atoms with E-state index in [1.807, 2.05) is 0 Å². The molecule has 1 heterocycles. The molecule has 0 amide bonds. The molecule has 0 saturated heterocycles. The van der Waals surface area contributed by atoms with Gasteiger partial charge < -0.3 is 14.6 Å². The van der Waals surface area contributed by atoms with Crippen LogP contribution in [0, 0.1) is 0 Å². The van der Waals surface area contributed by atoms with Crippen molar-refractivity contribution in [3.8, 4) is 11.4 Å². The Hall–Kier alpha value is -1.87. The summed E-state index contributed by atoms with van der Waals surface area (Å²) >= 11 is 0. The standard InChI is InChI=1S/C9H6BF3N2O3/c11-9(12,13)6-1-5(8-14-4-18-15-8)2-7(3-6)10(16)17/h1-4,16-17H. The zero-order chi connectivity index (χ0) is 13.3. The lowest BCUT2D eigenvalue weighted by molar-refractivity contribution is -0.137. The Morgan fingerprint density at radius 1 is 1.17 bits per heavy atom. The quantitative estimate of drug-likeness (QED) is 0.764. The van der Waals surface area contributed by atoms with Crippen molar-refractivity contribution in [1.82, 2.24) is 10.1 Å². The second kappa shape index (κ2) is 4.43. The Kier molecular flexibility index (Phi) is 3.10. The number of nitrogens with zero attached hydrogens (tertiary/aromatic N) is 2. The predicted molar refractivity (Wildman–Crippen MR) is 54.6 cm³/mol. The van der Waals surface area contributed by atoms with Gasteiger partial charge in [0.25, 0.3) is 0 Å². The van der Waals surface area contributed by atoms with Gasteiger partial charge in [0.2, 0.25) is 12.2 Å². The van der Waals surface area contributed by atoms with Gasteiger partial charge in [-0.3, -0.25) is 0 Å². The second-order valence-corrected chi connectivity index (χ2v) is 3.47. The van der Waals surface area contributed by atoms with Gasteiger partial charge in [-0.25, -0.2) is 0 Å². The highest BCUT2D eigenvalue weighted by Gasteiger charge is 2.32. The monoisotopic (exact) mass is 258 g/mol. The van der Waals surface area contributed by atoms with E-state index in [1.54, 1.807) is 0 Å². The Balaban J connectivity index is 2.57. The molecule has 1 aromatic carbocycles. The van der Waals surface area contributed by atoms with Crippen molar-refractivity contribution in [3.05, 3.63) is 30.2 Å². The maximum Gasteiger partial charge on any atom is 0.488 e. The number of hydrogen-bond acceptors (Lipinski definition) is 5. The number of halogens is 3. The summed E-state index contributed by atoms with van der Waals surface area (Å²) in [7, 11) is -2.02. The van der Waals surface area contributed by atoms with Crippen molar-refractivity contribution < 1.29 is 27.7 Å². The molecule has 9 heteroatoms. The molecule has 94 valence electrons. The first kappa shape index (κ1) is 12.6. The first-order chi connectivity index (χ1) is 8.38. The molecule has 18 heavy (non-hydrogen) atoms. The maximum atomic E-state index is 12.6. The van der Waals surface area contributed by atoms with Gasteiger partial charge in [0.1, 0.15) is 0 Å². The summed E-state index contributed by atoms with van der Waals surface area (Å²) in [5, 5.41) is 21.3. The van der Waals surface area contributed by atoms with Gasteiger partial charge in [-0.15, -0.1) is 0 Å². The minimum absolute atomic E-state index is 0.0123. The topological polar surface area (TPSA) is 79.4 Å². The third-order valence-corrected chi connectivity index (χ3v) is 2.20. The number of alkyl halides is 3. The number of hydrogen-bond donors (Lipinski definition) is 2. The SMILES string of the molecule is OB(O)c1cc(-c2ncon2)cc(C(F)(F)F)c1. The largest absolute Gasteiger partial charge is 0.488 e. The molecule has 2 N–H and O–H groups in total. The summed E-state index contributed by atoms with van der Waals surface area (Å²) in [6, 6.07) is 2.59. The zero-order valence-corrected chi connectivity index (χ0v) is 8.72. The summed E-state index contributed by atoms with van der Waals surface area (Å²) in [6.45, 7) is 0. The van der Waals surface area contributed by atoms with E-state index in [1.165, 1.54) is 0 Å². The number of benzene rings is 1. The van der Waals surface area contributed by atoms with Crippen molar-refractivity contribution >= 4 is 12.6 Å². The second-order valence-electron chi connectivity index (χ2n) is 3.47. The third-order valence-electron chi connectivity index (χ3n) is 2.20. The van der Waals surface area contributed by atoms with Crippen LogP contribution in [0.25, 0.3) is 11.4 Å². The van der Waals surface area contributed by atoms with Crippen molar-refractivity contribution in [2.24, 2.45) is 0 Å². The summed E-state index contributed by atoms with van der Waals surface area (Å²) < 4.78 is 42.3. The zero-order valence-electron chi connectivity index (χ0n) is 8.72. The summed E-state index contributed by atoms with van der Waals surface area (Å²) in [4.78, 5) is 3.60. The molecule has 0 aliphatic rings. The molecule has 0 atom stereocenters. The van der Waals surface area contributed by atoms with Crippen LogP contribution >= 0.6 is 0 Å². The molecule has 0 saturated carbocycles. The lowest BCUT2D eigenvalue weighted by Gasteiger charge is -2.10. The third kappa shape index (κ3) is 2.52. The molecule has 1 aromatic heterocycles. The van der Waals surface area contributed by atoms with Crippen molar-refractivity contribution in [1.29, 1.82) is 0 Å². The van der Waals surface area contributed by atoms with Gasteiger partial charge >= 0.3 is 13.3 Å². The molecule has 0 bridgehead atoms. The van der Waals surface area contributed by atoms with E-state index in [2.05, 4.69) is 14.7 Å². The Bertz CT molecular complexity index is 542. The van der Waals surface area contributed by atoms with E-state index in [0.717, 1.165) is 18.5 Å². The highest BCUT2D eigenvalue weighted by Crippen LogP contribution is 2.30.